The topological polar surface area (TPSA) is 47.3 Å². The molecule has 90 valence electrons. The van der Waals surface area contributed by atoms with E-state index in [4.69, 9.17) is 9.26 Å². The van der Waals surface area contributed by atoms with Crippen LogP contribution in [0.1, 0.15) is 44.1 Å². The van der Waals surface area contributed by atoms with E-state index in [9.17, 15) is 0 Å². The van der Waals surface area contributed by atoms with Crippen LogP contribution in [-0.4, -0.2) is 24.4 Å². The molecule has 0 aliphatic carbocycles. The first-order valence-electron chi connectivity index (χ1n) is 6.02. The van der Waals surface area contributed by atoms with Gasteiger partial charge in [0.1, 0.15) is 0 Å². The van der Waals surface area contributed by atoms with Gasteiger partial charge in [-0.2, -0.15) is 0 Å². The summed E-state index contributed by atoms with van der Waals surface area (Å²) in [6.45, 7) is 6.74. The van der Waals surface area contributed by atoms with Crippen LogP contribution in [0.3, 0.4) is 0 Å². The van der Waals surface area contributed by atoms with Gasteiger partial charge in [-0.15, -0.1) is 0 Å². The zero-order valence-electron chi connectivity index (χ0n) is 10.0. The molecule has 2 heterocycles. The van der Waals surface area contributed by atoms with Crippen molar-refractivity contribution < 1.29 is 9.26 Å². The smallest absolute Gasteiger partial charge is 0.150 e. The van der Waals surface area contributed by atoms with E-state index in [0.29, 0.717) is 12.0 Å². The third-order valence-electron chi connectivity index (χ3n) is 2.95. The van der Waals surface area contributed by atoms with Gasteiger partial charge in [0.15, 0.2) is 5.76 Å². The van der Waals surface area contributed by atoms with E-state index in [-0.39, 0.29) is 0 Å². The van der Waals surface area contributed by atoms with E-state index in [1.807, 2.05) is 6.07 Å². The van der Waals surface area contributed by atoms with E-state index < -0.39 is 0 Å². The number of hydrogen-bond donors (Lipinski definition) is 1. The molecule has 0 unspecified atom stereocenters. The zero-order valence-corrected chi connectivity index (χ0v) is 10.0. The van der Waals surface area contributed by atoms with Crippen molar-refractivity contribution in [2.24, 2.45) is 0 Å². The Morgan fingerprint density at radius 3 is 2.81 bits per heavy atom. The lowest BCUT2D eigenvalue weighted by Crippen LogP contribution is -2.34. The van der Waals surface area contributed by atoms with E-state index >= 15 is 0 Å². The molecule has 1 aliphatic heterocycles. The van der Waals surface area contributed by atoms with Crippen molar-refractivity contribution in [3.8, 4) is 0 Å². The molecule has 4 nitrogen and oxygen atoms in total. The van der Waals surface area contributed by atoms with Crippen LogP contribution in [0.5, 0.6) is 0 Å². The van der Waals surface area contributed by atoms with Crippen molar-refractivity contribution in [2.75, 3.05) is 13.2 Å². The van der Waals surface area contributed by atoms with Crippen LogP contribution in [0.4, 0.5) is 0 Å². The number of nitrogens with zero attached hydrogens (tertiary/aromatic N) is 1. The Morgan fingerprint density at radius 1 is 1.44 bits per heavy atom. The van der Waals surface area contributed by atoms with Crippen molar-refractivity contribution in [1.29, 1.82) is 0 Å². The van der Waals surface area contributed by atoms with E-state index in [0.717, 1.165) is 44.1 Å². The fraction of sp³-hybridized carbons (Fsp3) is 0.750. The lowest BCUT2D eigenvalue weighted by Gasteiger charge is -2.22. The predicted octanol–water partition coefficient (Wildman–Crippen LogP) is 2.07. The van der Waals surface area contributed by atoms with E-state index in [2.05, 4.69) is 24.3 Å². The second kappa shape index (κ2) is 5.46. The molecule has 0 saturated carbocycles. The quantitative estimate of drug-likeness (QED) is 0.850. The van der Waals surface area contributed by atoms with E-state index in [1.54, 1.807) is 0 Å². The van der Waals surface area contributed by atoms with Gasteiger partial charge in [-0.25, -0.2) is 0 Å². The molecule has 0 spiro atoms. The van der Waals surface area contributed by atoms with Crippen LogP contribution in [0.25, 0.3) is 0 Å². The van der Waals surface area contributed by atoms with Crippen LogP contribution in [0.2, 0.25) is 0 Å². The maximum absolute atomic E-state index is 5.31. The zero-order chi connectivity index (χ0) is 11.4. The van der Waals surface area contributed by atoms with Crippen molar-refractivity contribution >= 4 is 0 Å². The summed E-state index contributed by atoms with van der Waals surface area (Å²) in [5, 5.41) is 7.52. The molecule has 0 aromatic carbocycles. The average molecular weight is 224 g/mol. The van der Waals surface area contributed by atoms with Gasteiger partial charge >= 0.3 is 0 Å². The summed E-state index contributed by atoms with van der Waals surface area (Å²) in [4.78, 5) is 0. The Morgan fingerprint density at radius 2 is 2.19 bits per heavy atom. The molecule has 2 rings (SSSR count). The minimum atomic E-state index is 0.431. The highest BCUT2D eigenvalue weighted by Gasteiger charge is 2.14. The first kappa shape index (κ1) is 11.6. The highest BCUT2D eigenvalue weighted by atomic mass is 16.5. The number of nitrogens with one attached hydrogen (secondary N) is 1. The standard InChI is InChI=1S/C12H20N2O2/c1-9(2)12-7-11(16-14-12)8-13-10-3-5-15-6-4-10/h7,9-10,13H,3-6,8H2,1-2H3. The van der Waals surface area contributed by atoms with Crippen LogP contribution in [0.15, 0.2) is 10.6 Å². The molecule has 16 heavy (non-hydrogen) atoms. The van der Waals surface area contributed by atoms with Crippen molar-refractivity contribution in [3.63, 3.8) is 0 Å². The minimum absolute atomic E-state index is 0.431. The molecule has 0 atom stereocenters. The summed E-state index contributed by atoms with van der Waals surface area (Å²) in [6.07, 6.45) is 2.18. The highest BCUT2D eigenvalue weighted by molar-refractivity contribution is 5.08. The van der Waals surface area contributed by atoms with Gasteiger partial charge in [0.2, 0.25) is 0 Å². The molecule has 1 N–H and O–H groups in total. The van der Waals surface area contributed by atoms with Crippen LogP contribution < -0.4 is 5.32 Å². The van der Waals surface area contributed by atoms with Gasteiger partial charge in [0.05, 0.1) is 12.2 Å². The summed E-state index contributed by atoms with van der Waals surface area (Å²) in [6, 6.07) is 2.60. The molecule has 1 aliphatic rings. The van der Waals surface area contributed by atoms with Crippen molar-refractivity contribution in [1.82, 2.24) is 10.5 Å². The van der Waals surface area contributed by atoms with Gasteiger partial charge in [0, 0.05) is 25.3 Å². The maximum Gasteiger partial charge on any atom is 0.150 e. The maximum atomic E-state index is 5.31. The Bertz CT molecular complexity index is 317. The second-order valence-corrected chi connectivity index (χ2v) is 4.64. The van der Waals surface area contributed by atoms with Gasteiger partial charge in [-0.3, -0.25) is 0 Å². The first-order chi connectivity index (χ1) is 7.75. The van der Waals surface area contributed by atoms with Gasteiger partial charge in [-0.1, -0.05) is 19.0 Å². The number of rotatable bonds is 4. The number of aromatic nitrogens is 1. The molecule has 1 fully saturated rings. The minimum Gasteiger partial charge on any atom is -0.381 e. The Balaban J connectivity index is 1.79. The summed E-state index contributed by atoms with van der Waals surface area (Å²) in [5.74, 6) is 1.36. The summed E-state index contributed by atoms with van der Waals surface area (Å²) in [5.41, 5.74) is 1.03. The van der Waals surface area contributed by atoms with Gasteiger partial charge < -0.3 is 14.6 Å². The Hall–Kier alpha value is -0.870. The third kappa shape index (κ3) is 3.06. The summed E-state index contributed by atoms with van der Waals surface area (Å²) >= 11 is 0. The normalized spacial score (nSPS) is 18.2. The lowest BCUT2D eigenvalue weighted by molar-refractivity contribution is 0.0769. The van der Waals surface area contributed by atoms with Crippen LogP contribution >= 0.6 is 0 Å². The molecule has 0 radical (unpaired) electrons. The van der Waals surface area contributed by atoms with Crippen LogP contribution in [-0.2, 0) is 11.3 Å². The summed E-state index contributed by atoms with van der Waals surface area (Å²) < 4.78 is 10.6. The molecule has 1 aromatic rings. The molecule has 4 heteroatoms. The highest BCUT2D eigenvalue weighted by Crippen LogP contribution is 2.14. The Labute approximate surface area is 96.3 Å². The number of ether oxygens (including phenoxy) is 1. The predicted molar refractivity (Wildman–Crippen MR) is 61.3 cm³/mol. The molecule has 1 aromatic heterocycles. The largest absolute Gasteiger partial charge is 0.381 e. The molecule has 0 bridgehead atoms. The fourth-order valence-electron chi connectivity index (χ4n) is 1.83. The first-order valence-corrected chi connectivity index (χ1v) is 6.02. The summed E-state index contributed by atoms with van der Waals surface area (Å²) in [7, 11) is 0. The molecule has 1 saturated heterocycles. The average Bonchev–Trinajstić information content (AvgIpc) is 2.76. The molecule has 0 amide bonds. The molecular formula is C12H20N2O2. The Kier molecular flexibility index (Phi) is 3.96. The van der Waals surface area contributed by atoms with E-state index in [1.165, 1.54) is 0 Å². The van der Waals surface area contributed by atoms with Crippen molar-refractivity contribution in [3.05, 3.63) is 17.5 Å². The van der Waals surface area contributed by atoms with Gasteiger partial charge in [-0.05, 0) is 18.8 Å². The second-order valence-electron chi connectivity index (χ2n) is 4.64. The lowest BCUT2D eigenvalue weighted by atomic mass is 10.1. The number of hydrogen-bond acceptors (Lipinski definition) is 4. The monoisotopic (exact) mass is 224 g/mol. The molecular weight excluding hydrogens is 204 g/mol. The third-order valence-corrected chi connectivity index (χ3v) is 2.95. The SMILES string of the molecule is CC(C)c1cc(CNC2CCOCC2)on1. The van der Waals surface area contributed by atoms with Gasteiger partial charge in [0.25, 0.3) is 0 Å². The fourth-order valence-corrected chi connectivity index (χ4v) is 1.83. The van der Waals surface area contributed by atoms with Crippen molar-refractivity contribution in [2.45, 2.75) is 45.2 Å². The van der Waals surface area contributed by atoms with Crippen LogP contribution in [0, 0.1) is 0 Å².